The Kier molecular flexibility index (Phi) is 4.27. The van der Waals surface area contributed by atoms with Gasteiger partial charge in [-0.3, -0.25) is 0 Å². The Morgan fingerprint density at radius 3 is 2.32 bits per heavy atom. The van der Waals surface area contributed by atoms with Gasteiger partial charge in [0.05, 0.1) is 16.8 Å². The van der Waals surface area contributed by atoms with E-state index in [0.29, 0.717) is 12.0 Å². The quantitative estimate of drug-likeness (QED) is 0.935. The first-order valence-corrected chi connectivity index (χ1v) is 6.81. The maximum atomic E-state index is 13.0. The van der Waals surface area contributed by atoms with Crippen molar-refractivity contribution in [1.82, 2.24) is 4.98 Å². The highest BCUT2D eigenvalue weighted by Crippen LogP contribution is 2.19. The number of hydrogen-bond donors (Lipinski definition) is 1. The van der Waals surface area contributed by atoms with Gasteiger partial charge in [-0.05, 0) is 38.0 Å². The first-order chi connectivity index (χ1) is 8.94. The first kappa shape index (κ1) is 14.1. The summed E-state index contributed by atoms with van der Waals surface area (Å²) >= 11 is 1.54. The Bertz CT molecular complexity index is 543. The molecule has 2 aromatic rings. The minimum Gasteiger partial charge on any atom is -0.392 e. The van der Waals surface area contributed by atoms with Crippen LogP contribution in [0.4, 0.5) is 8.78 Å². The number of rotatable bonds is 4. The average molecular weight is 283 g/mol. The van der Waals surface area contributed by atoms with E-state index in [1.165, 1.54) is 12.1 Å². The fourth-order valence-electron chi connectivity index (χ4n) is 1.90. The fourth-order valence-corrected chi connectivity index (χ4v) is 2.91. The van der Waals surface area contributed by atoms with Crippen LogP contribution in [-0.4, -0.2) is 16.2 Å². The van der Waals surface area contributed by atoms with Crippen molar-refractivity contribution in [3.63, 3.8) is 0 Å². The number of aliphatic hydroxyl groups is 1. The molecular formula is C14H15F2NOS. The van der Waals surface area contributed by atoms with E-state index in [1.807, 2.05) is 13.8 Å². The summed E-state index contributed by atoms with van der Waals surface area (Å²) in [5.41, 5.74) is 1.42. The molecule has 0 saturated carbocycles. The van der Waals surface area contributed by atoms with Gasteiger partial charge in [0.2, 0.25) is 0 Å². The van der Waals surface area contributed by atoms with Crippen LogP contribution in [0, 0.1) is 25.5 Å². The number of halogens is 2. The van der Waals surface area contributed by atoms with Crippen LogP contribution in [0.5, 0.6) is 0 Å². The molecule has 0 aliphatic heterocycles. The van der Waals surface area contributed by atoms with Crippen molar-refractivity contribution in [1.29, 1.82) is 0 Å². The molecule has 0 aliphatic carbocycles. The predicted octanol–water partition coefficient (Wildman–Crippen LogP) is 3.18. The lowest BCUT2D eigenvalue weighted by molar-refractivity contribution is 0.175. The Balaban J connectivity index is 2.02. The second kappa shape index (κ2) is 5.75. The van der Waals surface area contributed by atoms with Crippen LogP contribution in [0.1, 0.15) is 21.1 Å². The number of hydrogen-bond acceptors (Lipinski definition) is 3. The van der Waals surface area contributed by atoms with E-state index in [1.54, 1.807) is 11.3 Å². The van der Waals surface area contributed by atoms with Gasteiger partial charge in [-0.1, -0.05) is 0 Å². The van der Waals surface area contributed by atoms with Crippen LogP contribution in [0.2, 0.25) is 0 Å². The summed E-state index contributed by atoms with van der Waals surface area (Å²) in [6, 6.07) is 3.30. The Morgan fingerprint density at radius 2 is 1.79 bits per heavy atom. The first-order valence-electron chi connectivity index (χ1n) is 6.00. The number of aliphatic hydroxyl groups excluding tert-OH is 1. The Hall–Kier alpha value is -1.33. The van der Waals surface area contributed by atoms with Crippen LogP contribution in [0.3, 0.4) is 0 Å². The van der Waals surface area contributed by atoms with Gasteiger partial charge < -0.3 is 5.11 Å². The third-order valence-corrected chi connectivity index (χ3v) is 3.97. The molecule has 2 rings (SSSR count). The highest BCUT2D eigenvalue weighted by atomic mass is 32.1. The van der Waals surface area contributed by atoms with Gasteiger partial charge in [0.1, 0.15) is 11.6 Å². The van der Waals surface area contributed by atoms with Gasteiger partial charge in [-0.2, -0.15) is 0 Å². The van der Waals surface area contributed by atoms with Crippen molar-refractivity contribution in [2.24, 2.45) is 0 Å². The number of benzene rings is 1. The molecular weight excluding hydrogens is 268 g/mol. The minimum atomic E-state index is -0.689. The average Bonchev–Trinajstić information content (AvgIpc) is 2.55. The van der Waals surface area contributed by atoms with Gasteiger partial charge in [-0.15, -0.1) is 11.3 Å². The lowest BCUT2D eigenvalue weighted by Crippen LogP contribution is -2.14. The molecule has 0 spiro atoms. The summed E-state index contributed by atoms with van der Waals surface area (Å²) in [6.07, 6.45) is -0.0738. The van der Waals surface area contributed by atoms with E-state index in [0.717, 1.165) is 21.6 Å². The second-order valence-corrected chi connectivity index (χ2v) is 5.88. The van der Waals surface area contributed by atoms with Crippen molar-refractivity contribution < 1.29 is 13.9 Å². The molecule has 2 nitrogen and oxygen atoms in total. The Morgan fingerprint density at radius 1 is 1.16 bits per heavy atom. The third-order valence-electron chi connectivity index (χ3n) is 2.88. The molecule has 1 aromatic carbocycles. The lowest BCUT2D eigenvalue weighted by atomic mass is 10.1. The number of aryl methyl sites for hydroxylation is 2. The summed E-state index contributed by atoms with van der Waals surface area (Å²) in [7, 11) is 0. The smallest absolute Gasteiger partial charge is 0.126 e. The van der Waals surface area contributed by atoms with E-state index in [4.69, 9.17) is 0 Å². The summed E-state index contributed by atoms with van der Waals surface area (Å²) < 4.78 is 26.1. The molecule has 5 heteroatoms. The molecule has 1 N–H and O–H groups in total. The SMILES string of the molecule is Cc1nc(CC(O)Cc2cc(F)cc(F)c2)sc1C. The van der Waals surface area contributed by atoms with Crippen molar-refractivity contribution >= 4 is 11.3 Å². The van der Waals surface area contributed by atoms with Gasteiger partial charge >= 0.3 is 0 Å². The normalized spacial score (nSPS) is 12.7. The fraction of sp³-hybridized carbons (Fsp3) is 0.357. The van der Waals surface area contributed by atoms with Crippen molar-refractivity contribution in [2.45, 2.75) is 32.8 Å². The Labute approximate surface area is 114 Å². The van der Waals surface area contributed by atoms with Gasteiger partial charge in [0.25, 0.3) is 0 Å². The van der Waals surface area contributed by atoms with E-state index >= 15 is 0 Å². The van der Waals surface area contributed by atoms with E-state index in [-0.39, 0.29) is 6.42 Å². The molecule has 0 aliphatic rings. The molecule has 0 radical (unpaired) electrons. The molecule has 1 aromatic heterocycles. The van der Waals surface area contributed by atoms with Crippen LogP contribution in [-0.2, 0) is 12.8 Å². The predicted molar refractivity (Wildman–Crippen MR) is 71.4 cm³/mol. The van der Waals surface area contributed by atoms with Gasteiger partial charge in [-0.25, -0.2) is 13.8 Å². The summed E-state index contributed by atoms with van der Waals surface area (Å²) in [5.74, 6) is -1.24. The molecule has 19 heavy (non-hydrogen) atoms. The molecule has 1 heterocycles. The van der Waals surface area contributed by atoms with Crippen LogP contribution < -0.4 is 0 Å². The highest BCUT2D eigenvalue weighted by Gasteiger charge is 2.12. The van der Waals surface area contributed by atoms with Gasteiger partial charge in [0.15, 0.2) is 0 Å². The maximum absolute atomic E-state index is 13.0. The zero-order valence-corrected chi connectivity index (χ0v) is 11.6. The monoisotopic (exact) mass is 283 g/mol. The van der Waals surface area contributed by atoms with Crippen molar-refractivity contribution in [3.8, 4) is 0 Å². The van der Waals surface area contributed by atoms with E-state index in [9.17, 15) is 13.9 Å². The summed E-state index contributed by atoms with van der Waals surface area (Å²) in [5, 5.41) is 10.8. The number of nitrogens with zero attached hydrogens (tertiary/aromatic N) is 1. The highest BCUT2D eigenvalue weighted by molar-refractivity contribution is 7.11. The summed E-state index contributed by atoms with van der Waals surface area (Å²) in [4.78, 5) is 5.46. The topological polar surface area (TPSA) is 33.1 Å². The second-order valence-electron chi connectivity index (χ2n) is 4.59. The van der Waals surface area contributed by atoms with E-state index in [2.05, 4.69) is 4.98 Å². The third kappa shape index (κ3) is 3.81. The van der Waals surface area contributed by atoms with Crippen molar-refractivity contribution in [3.05, 3.63) is 51.0 Å². The zero-order valence-electron chi connectivity index (χ0n) is 10.8. The maximum Gasteiger partial charge on any atom is 0.126 e. The molecule has 0 amide bonds. The molecule has 0 fully saturated rings. The molecule has 1 unspecified atom stereocenters. The van der Waals surface area contributed by atoms with E-state index < -0.39 is 17.7 Å². The number of aromatic nitrogens is 1. The zero-order chi connectivity index (χ0) is 14.0. The van der Waals surface area contributed by atoms with Crippen LogP contribution >= 0.6 is 11.3 Å². The van der Waals surface area contributed by atoms with Crippen molar-refractivity contribution in [2.75, 3.05) is 0 Å². The number of thiazole rings is 1. The lowest BCUT2D eigenvalue weighted by Gasteiger charge is -2.09. The van der Waals surface area contributed by atoms with Crippen LogP contribution in [0.15, 0.2) is 18.2 Å². The molecule has 0 bridgehead atoms. The molecule has 0 saturated heterocycles. The standard InChI is InChI=1S/C14H15F2NOS/c1-8-9(2)19-14(17-8)7-13(18)5-10-3-11(15)6-12(16)4-10/h3-4,6,13,18H,5,7H2,1-2H3. The minimum absolute atomic E-state index is 0.215. The van der Waals surface area contributed by atoms with Gasteiger partial charge in [0, 0.05) is 17.4 Å². The van der Waals surface area contributed by atoms with Crippen LogP contribution in [0.25, 0.3) is 0 Å². The largest absolute Gasteiger partial charge is 0.392 e. The molecule has 1 atom stereocenters. The molecule has 102 valence electrons. The summed E-state index contributed by atoms with van der Waals surface area (Å²) in [6.45, 7) is 3.90.